The van der Waals surface area contributed by atoms with Crippen molar-refractivity contribution in [2.75, 3.05) is 19.5 Å². The maximum absolute atomic E-state index is 12.9. The van der Waals surface area contributed by atoms with Gasteiger partial charge in [-0.05, 0) is 18.2 Å². The van der Waals surface area contributed by atoms with Gasteiger partial charge in [0.15, 0.2) is 11.5 Å². The van der Waals surface area contributed by atoms with Crippen LogP contribution in [0.25, 0.3) is 0 Å². The van der Waals surface area contributed by atoms with Crippen molar-refractivity contribution < 1.29 is 27.6 Å². The minimum atomic E-state index is -4.80. The van der Waals surface area contributed by atoms with E-state index in [0.717, 1.165) is 6.07 Å². The van der Waals surface area contributed by atoms with Gasteiger partial charge < -0.3 is 14.8 Å². The zero-order chi connectivity index (χ0) is 18.8. The van der Waals surface area contributed by atoms with Crippen molar-refractivity contribution in [1.29, 1.82) is 0 Å². The van der Waals surface area contributed by atoms with Crippen LogP contribution in [0.3, 0.4) is 0 Å². The molecular weight excluding hydrogens is 365 g/mol. The van der Waals surface area contributed by atoms with Crippen LogP contribution in [0.15, 0.2) is 30.3 Å². The second-order valence-corrected chi connectivity index (χ2v) is 5.21. The molecule has 1 N–H and O–H groups in total. The van der Waals surface area contributed by atoms with Crippen LogP contribution in [0, 0.1) is 10.1 Å². The summed E-state index contributed by atoms with van der Waals surface area (Å²) in [5.41, 5.74) is -1.88. The lowest BCUT2D eigenvalue weighted by Crippen LogP contribution is -2.08. The Morgan fingerprint density at radius 1 is 1.12 bits per heavy atom. The first-order chi connectivity index (χ1) is 11.7. The van der Waals surface area contributed by atoms with E-state index in [4.69, 9.17) is 21.1 Å². The number of halogens is 4. The molecular formula is C15H12ClF3N2O4. The second kappa shape index (κ2) is 7.06. The maximum atomic E-state index is 12.9. The topological polar surface area (TPSA) is 73.6 Å². The Bertz CT molecular complexity index is 812. The SMILES string of the molecule is COc1ccc(Nc2cc(Cl)c(C(F)(F)F)cc2[N+](=O)[O-])cc1OC. The van der Waals surface area contributed by atoms with Gasteiger partial charge in [-0.3, -0.25) is 10.1 Å². The Labute approximate surface area is 145 Å². The molecule has 0 aromatic heterocycles. The highest BCUT2D eigenvalue weighted by Crippen LogP contribution is 2.41. The molecule has 0 bridgehead atoms. The van der Waals surface area contributed by atoms with Crippen LogP contribution in [0.1, 0.15) is 5.56 Å². The monoisotopic (exact) mass is 376 g/mol. The lowest BCUT2D eigenvalue weighted by molar-refractivity contribution is -0.384. The first-order valence-electron chi connectivity index (χ1n) is 6.71. The van der Waals surface area contributed by atoms with Gasteiger partial charge in [-0.15, -0.1) is 0 Å². The number of anilines is 2. The summed E-state index contributed by atoms with van der Waals surface area (Å²) in [6.45, 7) is 0. The minimum Gasteiger partial charge on any atom is -0.493 e. The highest BCUT2D eigenvalue weighted by atomic mass is 35.5. The fraction of sp³-hybridized carbons (Fsp3) is 0.200. The molecule has 0 radical (unpaired) electrons. The van der Waals surface area contributed by atoms with Crippen molar-refractivity contribution >= 4 is 28.7 Å². The van der Waals surface area contributed by atoms with Crippen molar-refractivity contribution in [2.45, 2.75) is 6.18 Å². The number of hydrogen-bond acceptors (Lipinski definition) is 5. The summed E-state index contributed by atoms with van der Waals surface area (Å²) < 4.78 is 48.8. The molecule has 2 aromatic rings. The van der Waals surface area contributed by atoms with Gasteiger partial charge in [0.2, 0.25) is 0 Å². The van der Waals surface area contributed by atoms with E-state index in [9.17, 15) is 23.3 Å². The number of nitro benzene ring substituents is 1. The highest BCUT2D eigenvalue weighted by molar-refractivity contribution is 6.31. The van der Waals surface area contributed by atoms with Gasteiger partial charge in [0.05, 0.1) is 29.7 Å². The molecule has 0 amide bonds. The summed E-state index contributed by atoms with van der Waals surface area (Å²) in [4.78, 5) is 10.2. The molecule has 0 saturated heterocycles. The number of benzene rings is 2. The van der Waals surface area contributed by atoms with Gasteiger partial charge in [0, 0.05) is 17.8 Å². The summed E-state index contributed by atoms with van der Waals surface area (Å²) in [6.07, 6.45) is -4.80. The van der Waals surface area contributed by atoms with E-state index < -0.39 is 27.4 Å². The highest BCUT2D eigenvalue weighted by Gasteiger charge is 2.36. The van der Waals surface area contributed by atoms with Gasteiger partial charge in [0.1, 0.15) is 5.69 Å². The molecule has 2 rings (SSSR count). The van der Waals surface area contributed by atoms with Crippen molar-refractivity contribution in [2.24, 2.45) is 0 Å². The number of hydrogen-bond donors (Lipinski definition) is 1. The molecule has 0 spiro atoms. The zero-order valence-corrected chi connectivity index (χ0v) is 13.7. The number of nitrogens with zero attached hydrogens (tertiary/aromatic N) is 1. The van der Waals surface area contributed by atoms with Crippen molar-refractivity contribution in [3.05, 3.63) is 51.0 Å². The summed E-state index contributed by atoms with van der Waals surface area (Å²) in [5, 5.41) is 13.2. The second-order valence-electron chi connectivity index (χ2n) is 4.80. The lowest BCUT2D eigenvalue weighted by atomic mass is 10.1. The molecule has 134 valence electrons. The Kier molecular flexibility index (Phi) is 5.27. The van der Waals surface area contributed by atoms with Crippen LogP contribution in [0.4, 0.5) is 30.2 Å². The van der Waals surface area contributed by atoms with Crippen LogP contribution in [-0.4, -0.2) is 19.1 Å². The van der Waals surface area contributed by atoms with Crippen LogP contribution in [0.2, 0.25) is 5.02 Å². The smallest absolute Gasteiger partial charge is 0.418 e. The van der Waals surface area contributed by atoms with E-state index in [2.05, 4.69) is 5.32 Å². The van der Waals surface area contributed by atoms with Gasteiger partial charge in [-0.1, -0.05) is 11.6 Å². The Morgan fingerprint density at radius 2 is 1.76 bits per heavy atom. The first kappa shape index (κ1) is 18.7. The number of nitro groups is 1. The third kappa shape index (κ3) is 4.05. The number of methoxy groups -OCH3 is 2. The van der Waals surface area contributed by atoms with Crippen molar-refractivity contribution in [1.82, 2.24) is 0 Å². The predicted octanol–water partition coefficient (Wildman–Crippen LogP) is 5.03. The molecule has 0 aliphatic carbocycles. The zero-order valence-electron chi connectivity index (χ0n) is 13.0. The molecule has 6 nitrogen and oxygen atoms in total. The van der Waals surface area contributed by atoms with Crippen LogP contribution >= 0.6 is 11.6 Å². The van der Waals surface area contributed by atoms with E-state index in [1.165, 1.54) is 26.4 Å². The summed E-state index contributed by atoms with van der Waals surface area (Å²) >= 11 is 5.64. The first-order valence-corrected chi connectivity index (χ1v) is 7.09. The Hall–Kier alpha value is -2.68. The van der Waals surface area contributed by atoms with Crippen LogP contribution in [-0.2, 0) is 6.18 Å². The molecule has 0 saturated carbocycles. The van der Waals surface area contributed by atoms with Gasteiger partial charge >= 0.3 is 6.18 Å². The van der Waals surface area contributed by atoms with E-state index in [1.54, 1.807) is 6.07 Å². The fourth-order valence-corrected chi connectivity index (χ4v) is 2.37. The Morgan fingerprint density at radius 3 is 2.28 bits per heavy atom. The van der Waals surface area contributed by atoms with E-state index in [0.29, 0.717) is 23.3 Å². The molecule has 2 aromatic carbocycles. The molecule has 0 aliphatic heterocycles. The summed E-state index contributed by atoms with van der Waals surface area (Å²) in [5.74, 6) is 0.765. The van der Waals surface area contributed by atoms with Gasteiger partial charge in [-0.25, -0.2) is 0 Å². The Balaban J connectivity index is 2.49. The van der Waals surface area contributed by atoms with E-state index in [1.807, 2.05) is 0 Å². The quantitative estimate of drug-likeness (QED) is 0.585. The normalized spacial score (nSPS) is 11.1. The van der Waals surface area contributed by atoms with Crippen LogP contribution in [0.5, 0.6) is 11.5 Å². The number of ether oxygens (including phenoxy) is 2. The molecule has 0 unspecified atom stereocenters. The summed E-state index contributed by atoms with van der Waals surface area (Å²) in [7, 11) is 2.84. The largest absolute Gasteiger partial charge is 0.493 e. The average Bonchev–Trinajstić information content (AvgIpc) is 2.53. The number of rotatable bonds is 5. The molecule has 25 heavy (non-hydrogen) atoms. The molecule has 0 atom stereocenters. The van der Waals surface area contributed by atoms with Crippen molar-refractivity contribution in [3.8, 4) is 11.5 Å². The van der Waals surface area contributed by atoms with Crippen molar-refractivity contribution in [3.63, 3.8) is 0 Å². The maximum Gasteiger partial charge on any atom is 0.418 e. The third-order valence-electron chi connectivity index (χ3n) is 3.25. The third-order valence-corrected chi connectivity index (χ3v) is 3.56. The molecule has 0 heterocycles. The average molecular weight is 377 g/mol. The molecule has 10 heteroatoms. The summed E-state index contributed by atoms with van der Waals surface area (Å²) in [6, 6.07) is 5.80. The standard InChI is InChI=1S/C15H12ClF3N2O4/c1-24-13-4-3-8(5-14(13)25-2)20-11-7-10(16)9(15(17,18)19)6-12(11)21(22)23/h3-7,20H,1-2H3. The van der Waals surface area contributed by atoms with E-state index in [-0.39, 0.29) is 5.69 Å². The molecule has 0 fully saturated rings. The van der Waals surface area contributed by atoms with E-state index >= 15 is 0 Å². The number of alkyl halides is 3. The van der Waals surface area contributed by atoms with Gasteiger partial charge in [-0.2, -0.15) is 13.2 Å². The lowest BCUT2D eigenvalue weighted by Gasteiger charge is -2.14. The van der Waals surface area contributed by atoms with Crippen LogP contribution < -0.4 is 14.8 Å². The number of nitrogens with one attached hydrogen (secondary N) is 1. The fourth-order valence-electron chi connectivity index (χ4n) is 2.10. The minimum absolute atomic E-state index is 0.185. The molecule has 0 aliphatic rings. The predicted molar refractivity (Wildman–Crippen MR) is 85.9 cm³/mol. The van der Waals surface area contributed by atoms with Gasteiger partial charge in [0.25, 0.3) is 5.69 Å².